The van der Waals surface area contributed by atoms with Crippen LogP contribution in [0.15, 0.2) is 45.5 Å². The van der Waals surface area contributed by atoms with E-state index in [9.17, 15) is 9.59 Å². The van der Waals surface area contributed by atoms with E-state index in [1.54, 1.807) is 30.5 Å². The fraction of sp³-hybridized carbons (Fsp3) is 0.0769. The van der Waals surface area contributed by atoms with Crippen molar-refractivity contribution in [3.05, 3.63) is 51.2 Å². The van der Waals surface area contributed by atoms with Gasteiger partial charge in [-0.2, -0.15) is 0 Å². The Hall–Kier alpha value is -1.60. The molecule has 2 aromatic rings. The van der Waals surface area contributed by atoms with Gasteiger partial charge in [0, 0.05) is 15.1 Å². The summed E-state index contributed by atoms with van der Waals surface area (Å²) in [4.78, 5) is 22.9. The number of aliphatic carboxylic acids is 1. The van der Waals surface area contributed by atoms with Crippen molar-refractivity contribution in [3.8, 4) is 0 Å². The van der Waals surface area contributed by atoms with Crippen LogP contribution in [0.2, 0.25) is 0 Å². The first kappa shape index (κ1) is 14.8. The fourth-order valence-corrected chi connectivity index (χ4v) is 2.39. The van der Waals surface area contributed by atoms with Crippen molar-refractivity contribution in [2.45, 2.75) is 6.54 Å². The molecule has 0 aliphatic rings. The van der Waals surface area contributed by atoms with Crippen LogP contribution in [0.4, 0.5) is 5.69 Å². The Kier molecular flexibility index (Phi) is 4.61. The first-order valence-electron chi connectivity index (χ1n) is 5.60. The number of hydrogen-bond acceptors (Lipinski definition) is 2. The second-order valence-electron chi connectivity index (χ2n) is 3.99. The number of nitrogens with one attached hydrogen (secondary N) is 1. The molecule has 0 spiro atoms. The molecule has 1 aromatic carbocycles. The van der Waals surface area contributed by atoms with Crippen molar-refractivity contribution >= 4 is 49.4 Å². The molecule has 2 rings (SSSR count). The highest BCUT2D eigenvalue weighted by atomic mass is 79.9. The SMILES string of the molecule is O=C(O)Cn1cccc1C(=O)Nc1cc(Br)ccc1Br. The molecular weight excluding hydrogens is 392 g/mol. The predicted molar refractivity (Wildman–Crippen MR) is 81.9 cm³/mol. The van der Waals surface area contributed by atoms with Crippen LogP contribution >= 0.6 is 31.9 Å². The van der Waals surface area contributed by atoms with Gasteiger partial charge in [-0.3, -0.25) is 9.59 Å². The van der Waals surface area contributed by atoms with Crippen molar-refractivity contribution in [2.75, 3.05) is 5.32 Å². The summed E-state index contributed by atoms with van der Waals surface area (Å²) in [5.74, 6) is -1.37. The average molecular weight is 402 g/mol. The van der Waals surface area contributed by atoms with Crippen LogP contribution in [0.3, 0.4) is 0 Å². The van der Waals surface area contributed by atoms with E-state index in [0.717, 1.165) is 8.95 Å². The largest absolute Gasteiger partial charge is 0.480 e. The lowest BCUT2D eigenvalue weighted by molar-refractivity contribution is -0.137. The molecule has 0 radical (unpaired) electrons. The second kappa shape index (κ2) is 6.23. The number of anilines is 1. The number of carboxylic acid groups (broad SMARTS) is 1. The van der Waals surface area contributed by atoms with Gasteiger partial charge in [0.1, 0.15) is 12.2 Å². The third kappa shape index (κ3) is 3.49. The number of amides is 1. The van der Waals surface area contributed by atoms with E-state index in [2.05, 4.69) is 37.2 Å². The molecule has 0 saturated heterocycles. The van der Waals surface area contributed by atoms with E-state index in [1.807, 2.05) is 6.07 Å². The number of carbonyl (C=O) groups excluding carboxylic acids is 1. The van der Waals surface area contributed by atoms with Crippen LogP contribution in [0.1, 0.15) is 10.5 Å². The summed E-state index contributed by atoms with van der Waals surface area (Å²) >= 11 is 6.67. The molecule has 1 heterocycles. The summed E-state index contributed by atoms with van der Waals surface area (Å²) in [5, 5.41) is 11.5. The highest BCUT2D eigenvalue weighted by Gasteiger charge is 2.14. The molecule has 0 aliphatic carbocycles. The van der Waals surface area contributed by atoms with Gasteiger partial charge < -0.3 is 15.0 Å². The van der Waals surface area contributed by atoms with Gasteiger partial charge in [0.2, 0.25) is 0 Å². The maximum Gasteiger partial charge on any atom is 0.323 e. The number of nitrogens with zero attached hydrogens (tertiary/aromatic N) is 1. The summed E-state index contributed by atoms with van der Waals surface area (Å²) in [5.41, 5.74) is 0.895. The molecule has 0 saturated carbocycles. The van der Waals surface area contributed by atoms with E-state index < -0.39 is 5.97 Å². The Morgan fingerprint density at radius 3 is 2.70 bits per heavy atom. The number of hydrogen-bond donors (Lipinski definition) is 2. The molecule has 1 amide bonds. The van der Waals surface area contributed by atoms with Crippen molar-refractivity contribution in [3.63, 3.8) is 0 Å². The van der Waals surface area contributed by atoms with Crippen LogP contribution < -0.4 is 5.32 Å². The maximum atomic E-state index is 12.2. The van der Waals surface area contributed by atoms with Gasteiger partial charge in [-0.05, 0) is 46.3 Å². The normalized spacial score (nSPS) is 10.3. The minimum absolute atomic E-state index is 0.255. The van der Waals surface area contributed by atoms with Gasteiger partial charge in [0.15, 0.2) is 0 Å². The van der Waals surface area contributed by atoms with E-state index >= 15 is 0 Å². The lowest BCUT2D eigenvalue weighted by atomic mass is 10.3. The van der Waals surface area contributed by atoms with Crippen molar-refractivity contribution < 1.29 is 14.7 Å². The van der Waals surface area contributed by atoms with Crippen LogP contribution in [0.5, 0.6) is 0 Å². The quantitative estimate of drug-likeness (QED) is 0.825. The molecule has 2 N–H and O–H groups in total. The van der Waals surface area contributed by atoms with Crippen LogP contribution in [0.25, 0.3) is 0 Å². The minimum atomic E-state index is -1.00. The Bertz CT molecular complexity index is 667. The van der Waals surface area contributed by atoms with Crippen LogP contribution in [-0.2, 0) is 11.3 Å². The van der Waals surface area contributed by atoms with Crippen LogP contribution in [0, 0.1) is 0 Å². The van der Waals surface area contributed by atoms with Gasteiger partial charge >= 0.3 is 5.97 Å². The van der Waals surface area contributed by atoms with E-state index in [-0.39, 0.29) is 12.5 Å². The number of aromatic nitrogens is 1. The molecule has 1 aromatic heterocycles. The third-order valence-corrected chi connectivity index (χ3v) is 3.73. The average Bonchev–Trinajstić information content (AvgIpc) is 2.81. The number of benzene rings is 1. The first-order valence-corrected chi connectivity index (χ1v) is 7.19. The van der Waals surface area contributed by atoms with Gasteiger partial charge in [0.25, 0.3) is 5.91 Å². The number of halogens is 2. The van der Waals surface area contributed by atoms with Crippen molar-refractivity contribution in [1.82, 2.24) is 4.57 Å². The summed E-state index contributed by atoms with van der Waals surface area (Å²) in [7, 11) is 0. The maximum absolute atomic E-state index is 12.2. The van der Waals surface area contributed by atoms with Gasteiger partial charge in [-0.1, -0.05) is 15.9 Å². The Labute approximate surface area is 131 Å². The second-order valence-corrected chi connectivity index (χ2v) is 5.76. The Morgan fingerprint density at radius 1 is 1.25 bits per heavy atom. The van der Waals surface area contributed by atoms with E-state index in [1.165, 1.54) is 4.57 Å². The minimum Gasteiger partial charge on any atom is -0.480 e. The highest BCUT2D eigenvalue weighted by molar-refractivity contribution is 9.11. The molecule has 0 fully saturated rings. The lowest BCUT2D eigenvalue weighted by Crippen LogP contribution is -2.19. The van der Waals surface area contributed by atoms with Crippen molar-refractivity contribution in [1.29, 1.82) is 0 Å². The molecular formula is C13H10Br2N2O3. The van der Waals surface area contributed by atoms with E-state index in [4.69, 9.17) is 5.11 Å². The van der Waals surface area contributed by atoms with Gasteiger partial charge in [-0.15, -0.1) is 0 Å². The summed E-state index contributed by atoms with van der Waals surface area (Å²) < 4.78 is 2.95. The van der Waals surface area contributed by atoms with Crippen molar-refractivity contribution in [2.24, 2.45) is 0 Å². The third-order valence-electron chi connectivity index (χ3n) is 2.54. The summed E-state index contributed by atoms with van der Waals surface area (Å²) in [6.07, 6.45) is 1.55. The monoisotopic (exact) mass is 400 g/mol. The van der Waals surface area contributed by atoms with Gasteiger partial charge in [0.05, 0.1) is 5.69 Å². The standard InChI is InChI=1S/C13H10Br2N2O3/c14-8-3-4-9(15)10(6-8)16-13(20)11-2-1-5-17(11)7-12(18)19/h1-6H,7H2,(H,16,20)(H,18,19). The lowest BCUT2D eigenvalue weighted by Gasteiger charge is -2.09. The number of rotatable bonds is 4. The van der Waals surface area contributed by atoms with Crippen LogP contribution in [-0.4, -0.2) is 21.6 Å². The molecule has 0 atom stereocenters. The summed E-state index contributed by atoms with van der Waals surface area (Å²) in [6, 6.07) is 8.60. The highest BCUT2D eigenvalue weighted by Crippen LogP contribution is 2.26. The molecule has 5 nitrogen and oxygen atoms in total. The Balaban J connectivity index is 2.22. The zero-order valence-corrected chi connectivity index (χ0v) is 13.3. The predicted octanol–water partition coefficient (Wildman–Crippen LogP) is 3.35. The molecule has 0 unspecified atom stereocenters. The smallest absolute Gasteiger partial charge is 0.323 e. The first-order chi connectivity index (χ1) is 9.47. The zero-order chi connectivity index (χ0) is 14.7. The van der Waals surface area contributed by atoms with Gasteiger partial charge in [-0.25, -0.2) is 0 Å². The Morgan fingerprint density at radius 2 is 2.00 bits per heavy atom. The number of carbonyl (C=O) groups is 2. The molecule has 0 aliphatic heterocycles. The zero-order valence-electron chi connectivity index (χ0n) is 10.1. The number of carboxylic acids is 1. The van der Waals surface area contributed by atoms with E-state index in [0.29, 0.717) is 11.4 Å². The topological polar surface area (TPSA) is 71.3 Å². The molecule has 0 bridgehead atoms. The molecule has 104 valence electrons. The molecule has 20 heavy (non-hydrogen) atoms. The fourth-order valence-electron chi connectivity index (χ4n) is 1.68. The molecule has 7 heteroatoms. The summed E-state index contributed by atoms with van der Waals surface area (Å²) in [6.45, 7) is -0.255.